The zero-order valence-corrected chi connectivity index (χ0v) is 13.2. The average molecular weight is 316 g/mol. The monoisotopic (exact) mass is 315 g/mol. The molecule has 1 aromatic rings. The van der Waals surface area contributed by atoms with Crippen LogP contribution in [0.3, 0.4) is 0 Å². The molecule has 118 valence electrons. The number of hydrogen-bond donors (Lipinski definition) is 0. The van der Waals surface area contributed by atoms with E-state index in [1.807, 2.05) is 13.0 Å². The lowest BCUT2D eigenvalue weighted by Crippen LogP contribution is -2.41. The van der Waals surface area contributed by atoms with E-state index in [1.54, 1.807) is 25.3 Å². The lowest BCUT2D eigenvalue weighted by Gasteiger charge is -2.28. The van der Waals surface area contributed by atoms with E-state index < -0.39 is 0 Å². The molecule has 1 saturated heterocycles. The zero-order chi connectivity index (χ0) is 14.4. The first-order valence-electron chi connectivity index (χ1n) is 6.85. The van der Waals surface area contributed by atoms with Crippen LogP contribution in [0.1, 0.15) is 17.3 Å². The van der Waals surface area contributed by atoms with Crippen LogP contribution < -0.4 is 4.74 Å². The maximum absolute atomic E-state index is 12.1. The van der Waals surface area contributed by atoms with Crippen molar-refractivity contribution in [1.29, 1.82) is 0 Å². The smallest absolute Gasteiger partial charge is 0.342 e. The van der Waals surface area contributed by atoms with Crippen molar-refractivity contribution in [2.75, 3.05) is 40.0 Å². The molecule has 5 nitrogen and oxygen atoms in total. The molecule has 0 bridgehead atoms. The molecule has 1 fully saturated rings. The Balaban J connectivity index is 0.00000220. The van der Waals surface area contributed by atoms with E-state index in [0.29, 0.717) is 11.3 Å². The van der Waals surface area contributed by atoms with Gasteiger partial charge in [0.2, 0.25) is 0 Å². The maximum atomic E-state index is 12.1. The van der Waals surface area contributed by atoms with Gasteiger partial charge in [-0.15, -0.1) is 12.4 Å². The number of para-hydroxylation sites is 1. The Morgan fingerprint density at radius 1 is 1.33 bits per heavy atom. The predicted octanol–water partition coefficient (Wildman–Crippen LogP) is 1.99. The summed E-state index contributed by atoms with van der Waals surface area (Å²) in [4.78, 5) is 14.4. The second kappa shape index (κ2) is 8.87. The topological polar surface area (TPSA) is 48.0 Å². The van der Waals surface area contributed by atoms with Crippen LogP contribution in [0, 0.1) is 0 Å². The van der Waals surface area contributed by atoms with E-state index in [4.69, 9.17) is 14.2 Å². The molecule has 1 aromatic carbocycles. The number of carbonyl (C=O) groups is 1. The Labute approximate surface area is 131 Å². The molecule has 1 heterocycles. The number of rotatable bonds is 5. The van der Waals surface area contributed by atoms with Crippen LogP contribution in [-0.4, -0.2) is 56.9 Å². The summed E-state index contributed by atoms with van der Waals surface area (Å²) >= 11 is 0. The molecule has 1 unspecified atom stereocenters. The van der Waals surface area contributed by atoms with Gasteiger partial charge in [0.1, 0.15) is 17.4 Å². The fourth-order valence-corrected chi connectivity index (χ4v) is 2.24. The molecule has 2 rings (SSSR count). The molecule has 0 aliphatic carbocycles. The van der Waals surface area contributed by atoms with Crippen molar-refractivity contribution in [2.45, 2.75) is 13.0 Å². The van der Waals surface area contributed by atoms with Gasteiger partial charge in [0.25, 0.3) is 0 Å². The summed E-state index contributed by atoms with van der Waals surface area (Å²) in [5, 5.41) is 0. The van der Waals surface area contributed by atoms with Gasteiger partial charge in [-0.25, -0.2) is 4.79 Å². The van der Waals surface area contributed by atoms with Gasteiger partial charge in [-0.2, -0.15) is 0 Å². The number of halogens is 1. The SMILES string of the molecule is COc1ccccc1C(=O)OC(C)CN1CCOCC1.Cl. The van der Waals surface area contributed by atoms with E-state index in [9.17, 15) is 4.79 Å². The fraction of sp³-hybridized carbons (Fsp3) is 0.533. The largest absolute Gasteiger partial charge is 0.496 e. The van der Waals surface area contributed by atoms with Gasteiger partial charge in [-0.05, 0) is 19.1 Å². The van der Waals surface area contributed by atoms with Crippen LogP contribution in [0.2, 0.25) is 0 Å². The standard InChI is InChI=1S/C15H21NO4.ClH/c1-12(11-16-7-9-19-10-8-16)20-15(17)13-5-3-4-6-14(13)18-2;/h3-6,12H,7-11H2,1-2H3;1H. The first-order valence-corrected chi connectivity index (χ1v) is 6.85. The van der Waals surface area contributed by atoms with Crippen molar-refractivity contribution in [3.05, 3.63) is 29.8 Å². The summed E-state index contributed by atoms with van der Waals surface area (Å²) in [7, 11) is 1.54. The van der Waals surface area contributed by atoms with Crippen molar-refractivity contribution in [1.82, 2.24) is 4.90 Å². The summed E-state index contributed by atoms with van der Waals surface area (Å²) in [6, 6.07) is 7.09. The molecule has 1 atom stereocenters. The molecule has 0 spiro atoms. The summed E-state index contributed by atoms with van der Waals surface area (Å²) in [6.45, 7) is 5.89. The molecule has 0 saturated carbocycles. The van der Waals surface area contributed by atoms with Crippen molar-refractivity contribution in [2.24, 2.45) is 0 Å². The number of ether oxygens (including phenoxy) is 3. The number of esters is 1. The van der Waals surface area contributed by atoms with E-state index in [0.717, 1.165) is 32.8 Å². The van der Waals surface area contributed by atoms with Crippen LogP contribution in [0.15, 0.2) is 24.3 Å². The summed E-state index contributed by atoms with van der Waals surface area (Å²) < 4.78 is 15.9. The minimum atomic E-state index is -0.344. The number of benzene rings is 1. The number of nitrogens with zero attached hydrogens (tertiary/aromatic N) is 1. The highest BCUT2D eigenvalue weighted by atomic mass is 35.5. The molecule has 0 radical (unpaired) electrons. The molecular formula is C15H22ClNO4. The third-order valence-electron chi connectivity index (χ3n) is 3.25. The van der Waals surface area contributed by atoms with Crippen LogP contribution in [0.5, 0.6) is 5.75 Å². The zero-order valence-electron chi connectivity index (χ0n) is 12.4. The minimum absolute atomic E-state index is 0. The van der Waals surface area contributed by atoms with Crippen LogP contribution in [-0.2, 0) is 9.47 Å². The maximum Gasteiger partial charge on any atom is 0.342 e. The van der Waals surface area contributed by atoms with Crippen molar-refractivity contribution < 1.29 is 19.0 Å². The first-order chi connectivity index (χ1) is 9.70. The molecule has 1 aliphatic rings. The van der Waals surface area contributed by atoms with Crippen molar-refractivity contribution in [3.63, 3.8) is 0 Å². The van der Waals surface area contributed by atoms with Gasteiger partial charge in [0.05, 0.1) is 20.3 Å². The number of morpholine rings is 1. The van der Waals surface area contributed by atoms with Crippen molar-refractivity contribution in [3.8, 4) is 5.75 Å². The van der Waals surface area contributed by atoms with Crippen molar-refractivity contribution >= 4 is 18.4 Å². The predicted molar refractivity (Wildman–Crippen MR) is 82.4 cm³/mol. The van der Waals surface area contributed by atoms with E-state index in [-0.39, 0.29) is 24.5 Å². The molecule has 1 aliphatic heterocycles. The molecule has 0 aromatic heterocycles. The van der Waals surface area contributed by atoms with Crippen LogP contribution >= 0.6 is 12.4 Å². The quantitative estimate of drug-likeness (QED) is 0.778. The summed E-state index contributed by atoms with van der Waals surface area (Å²) in [5.41, 5.74) is 0.462. The molecule has 0 amide bonds. The highest BCUT2D eigenvalue weighted by molar-refractivity contribution is 5.92. The van der Waals surface area contributed by atoms with Gasteiger partial charge in [0, 0.05) is 19.6 Å². The average Bonchev–Trinajstić information content (AvgIpc) is 2.48. The lowest BCUT2D eigenvalue weighted by molar-refractivity contribution is 0.000304. The van der Waals surface area contributed by atoms with Gasteiger partial charge in [0.15, 0.2) is 0 Å². The number of methoxy groups -OCH3 is 1. The lowest BCUT2D eigenvalue weighted by atomic mass is 10.2. The van der Waals surface area contributed by atoms with E-state index in [2.05, 4.69) is 4.90 Å². The van der Waals surface area contributed by atoms with Gasteiger partial charge < -0.3 is 14.2 Å². The Kier molecular flexibility index (Phi) is 7.50. The first kappa shape index (κ1) is 17.8. The van der Waals surface area contributed by atoms with E-state index in [1.165, 1.54) is 0 Å². The molecular weight excluding hydrogens is 294 g/mol. The third-order valence-corrected chi connectivity index (χ3v) is 3.25. The Bertz CT molecular complexity index is 449. The molecule has 21 heavy (non-hydrogen) atoms. The summed E-state index contributed by atoms with van der Waals surface area (Å²) in [6.07, 6.45) is -0.162. The fourth-order valence-electron chi connectivity index (χ4n) is 2.24. The third kappa shape index (κ3) is 5.19. The normalized spacial score (nSPS) is 16.7. The van der Waals surface area contributed by atoms with Gasteiger partial charge >= 0.3 is 5.97 Å². The van der Waals surface area contributed by atoms with Gasteiger partial charge in [-0.3, -0.25) is 4.90 Å². The molecule has 6 heteroatoms. The molecule has 0 N–H and O–H groups in total. The number of hydrogen-bond acceptors (Lipinski definition) is 5. The van der Waals surface area contributed by atoms with Gasteiger partial charge in [-0.1, -0.05) is 12.1 Å². The highest BCUT2D eigenvalue weighted by Crippen LogP contribution is 2.19. The summed E-state index contributed by atoms with van der Waals surface area (Å²) in [5.74, 6) is 0.194. The Hall–Kier alpha value is -1.30. The highest BCUT2D eigenvalue weighted by Gasteiger charge is 2.19. The van der Waals surface area contributed by atoms with Crippen LogP contribution in [0.4, 0.5) is 0 Å². The Morgan fingerprint density at radius 2 is 2.00 bits per heavy atom. The minimum Gasteiger partial charge on any atom is -0.496 e. The second-order valence-electron chi connectivity index (χ2n) is 4.83. The Morgan fingerprint density at radius 3 is 2.67 bits per heavy atom. The van der Waals surface area contributed by atoms with E-state index >= 15 is 0 Å². The second-order valence-corrected chi connectivity index (χ2v) is 4.83. The van der Waals surface area contributed by atoms with Crippen LogP contribution in [0.25, 0.3) is 0 Å². The number of carbonyl (C=O) groups excluding carboxylic acids is 1.